The van der Waals surface area contributed by atoms with E-state index in [4.69, 9.17) is 28.0 Å². The van der Waals surface area contributed by atoms with E-state index in [-0.39, 0.29) is 26.9 Å². The minimum atomic E-state index is -4.82. The molecule has 0 saturated carbocycles. The van der Waals surface area contributed by atoms with Crippen LogP contribution in [0.3, 0.4) is 0 Å². The van der Waals surface area contributed by atoms with Gasteiger partial charge in [-0.15, -0.1) is 0 Å². The number of halogens is 5. The topological polar surface area (TPSA) is 67.8 Å². The molecular weight excluding hydrogens is 548 g/mol. The van der Waals surface area contributed by atoms with Crippen molar-refractivity contribution in [1.29, 1.82) is 0 Å². The summed E-state index contributed by atoms with van der Waals surface area (Å²) in [5, 5.41) is 3.81. The normalized spacial score (nSPS) is 18.2. The quantitative estimate of drug-likeness (QED) is 0.362. The lowest BCUT2D eigenvalue weighted by atomic mass is 9.86. The summed E-state index contributed by atoms with van der Waals surface area (Å²) in [6, 6.07) is 13.3. The van der Waals surface area contributed by atoms with Gasteiger partial charge in [-0.2, -0.15) is 13.2 Å². The summed E-state index contributed by atoms with van der Waals surface area (Å²) in [4.78, 5) is 18.3. The highest BCUT2D eigenvalue weighted by Gasteiger charge is 2.62. The third kappa shape index (κ3) is 5.39. The molecular formula is C26H21Cl2F3N2O3S. The second-order valence-corrected chi connectivity index (χ2v) is 10.9. The Kier molecular flexibility index (Phi) is 7.43. The number of aryl methyl sites for hydroxylation is 3. The zero-order valence-corrected chi connectivity index (χ0v) is 22.2. The van der Waals surface area contributed by atoms with Gasteiger partial charge in [0.05, 0.1) is 10.6 Å². The Hall–Kier alpha value is -2.88. The van der Waals surface area contributed by atoms with Crippen molar-refractivity contribution < 1.29 is 27.0 Å². The van der Waals surface area contributed by atoms with E-state index in [0.29, 0.717) is 16.0 Å². The lowest BCUT2D eigenvalue weighted by Gasteiger charge is -2.29. The van der Waals surface area contributed by atoms with Crippen molar-refractivity contribution in [2.24, 2.45) is 5.16 Å². The summed E-state index contributed by atoms with van der Waals surface area (Å²) in [6.45, 7) is 5.43. The molecule has 0 spiro atoms. The minimum absolute atomic E-state index is 0.0348. The fourth-order valence-electron chi connectivity index (χ4n) is 3.97. The molecule has 194 valence electrons. The molecule has 1 aliphatic heterocycles. The monoisotopic (exact) mass is 568 g/mol. The number of benzene rings is 3. The van der Waals surface area contributed by atoms with Gasteiger partial charge in [-0.3, -0.25) is 9.52 Å². The first-order valence-electron chi connectivity index (χ1n) is 11.0. The van der Waals surface area contributed by atoms with Crippen LogP contribution in [0.5, 0.6) is 0 Å². The van der Waals surface area contributed by atoms with Crippen LogP contribution in [0.25, 0.3) is 0 Å². The second-order valence-electron chi connectivity index (χ2n) is 8.76. The third-order valence-corrected chi connectivity index (χ3v) is 7.69. The fourth-order valence-corrected chi connectivity index (χ4v) is 5.37. The van der Waals surface area contributed by atoms with Crippen LogP contribution < -0.4 is 4.72 Å². The maximum absolute atomic E-state index is 14.2. The van der Waals surface area contributed by atoms with Gasteiger partial charge >= 0.3 is 6.18 Å². The summed E-state index contributed by atoms with van der Waals surface area (Å²) in [5.41, 5.74) is 0.0301. The van der Waals surface area contributed by atoms with Crippen LogP contribution in [-0.4, -0.2) is 22.0 Å². The average Bonchev–Trinajstić information content (AvgIpc) is 3.27. The number of oxime groups is 1. The number of carbonyl (C=O) groups is 1. The molecule has 3 aromatic carbocycles. The molecule has 0 radical (unpaired) electrons. The molecule has 2 unspecified atom stereocenters. The van der Waals surface area contributed by atoms with Gasteiger partial charge in [0.1, 0.15) is 0 Å². The van der Waals surface area contributed by atoms with E-state index < -0.39 is 35.1 Å². The van der Waals surface area contributed by atoms with Crippen molar-refractivity contribution in [3.63, 3.8) is 0 Å². The molecule has 1 N–H and O–H groups in total. The maximum atomic E-state index is 14.2. The SMILES string of the molecule is Cc1ccc(S(=O)NC(=O)c2ccc(C3=NOC(c4cc(Cl)cc(Cl)c4)(C(F)(F)F)C3)cc2C)cc1C. The summed E-state index contributed by atoms with van der Waals surface area (Å²) < 4.78 is 57.8. The van der Waals surface area contributed by atoms with E-state index in [1.807, 2.05) is 19.9 Å². The lowest BCUT2D eigenvalue weighted by molar-refractivity contribution is -0.275. The summed E-state index contributed by atoms with van der Waals surface area (Å²) in [6.07, 6.45) is -5.44. The Bertz CT molecular complexity index is 1440. The predicted molar refractivity (Wildman–Crippen MR) is 137 cm³/mol. The van der Waals surface area contributed by atoms with Gasteiger partial charge in [-0.1, -0.05) is 40.5 Å². The number of carbonyl (C=O) groups excluding carboxylic acids is 1. The Morgan fingerprint density at radius 3 is 2.24 bits per heavy atom. The van der Waals surface area contributed by atoms with Crippen LogP contribution in [-0.2, 0) is 21.4 Å². The van der Waals surface area contributed by atoms with Crippen molar-refractivity contribution in [2.45, 2.75) is 43.9 Å². The fraction of sp³-hybridized carbons (Fsp3) is 0.231. The number of alkyl halides is 3. The van der Waals surface area contributed by atoms with Crippen LogP contribution in [0.2, 0.25) is 10.0 Å². The Morgan fingerprint density at radius 1 is 0.973 bits per heavy atom. The van der Waals surface area contributed by atoms with Crippen molar-refractivity contribution in [1.82, 2.24) is 4.72 Å². The van der Waals surface area contributed by atoms with Gasteiger partial charge in [-0.05, 0) is 85.5 Å². The molecule has 37 heavy (non-hydrogen) atoms. The van der Waals surface area contributed by atoms with Crippen molar-refractivity contribution >= 4 is 45.8 Å². The van der Waals surface area contributed by atoms with E-state index in [0.717, 1.165) is 23.3 Å². The van der Waals surface area contributed by atoms with Crippen molar-refractivity contribution in [3.8, 4) is 0 Å². The van der Waals surface area contributed by atoms with Crippen LogP contribution in [0.1, 0.15) is 44.6 Å². The molecule has 5 nitrogen and oxygen atoms in total. The highest BCUT2D eigenvalue weighted by molar-refractivity contribution is 7.83. The molecule has 4 rings (SSSR count). The second kappa shape index (κ2) is 10.1. The first-order valence-corrected chi connectivity index (χ1v) is 12.9. The third-order valence-electron chi connectivity index (χ3n) is 6.20. The van der Waals surface area contributed by atoms with Crippen LogP contribution in [0.15, 0.2) is 64.6 Å². The maximum Gasteiger partial charge on any atom is 0.435 e. The molecule has 1 heterocycles. The zero-order valence-electron chi connectivity index (χ0n) is 19.9. The highest BCUT2D eigenvalue weighted by atomic mass is 35.5. The van der Waals surface area contributed by atoms with Gasteiger partial charge in [0.15, 0.2) is 11.0 Å². The molecule has 3 aromatic rings. The van der Waals surface area contributed by atoms with Crippen molar-refractivity contribution in [3.05, 3.63) is 98.0 Å². The smallest absolute Gasteiger partial charge is 0.374 e. The largest absolute Gasteiger partial charge is 0.435 e. The summed E-state index contributed by atoms with van der Waals surface area (Å²) in [5.74, 6) is -0.580. The number of amides is 1. The van der Waals surface area contributed by atoms with Gasteiger partial charge < -0.3 is 4.84 Å². The Morgan fingerprint density at radius 2 is 1.65 bits per heavy atom. The minimum Gasteiger partial charge on any atom is -0.374 e. The van der Waals surface area contributed by atoms with E-state index >= 15 is 0 Å². The van der Waals surface area contributed by atoms with E-state index in [1.165, 1.54) is 24.3 Å². The van der Waals surface area contributed by atoms with E-state index in [1.54, 1.807) is 19.1 Å². The molecule has 0 fully saturated rings. The molecule has 1 amide bonds. The average molecular weight is 569 g/mol. The first kappa shape index (κ1) is 27.2. The molecule has 1 aliphatic rings. The Balaban J connectivity index is 1.56. The molecule has 0 aliphatic carbocycles. The summed E-state index contributed by atoms with van der Waals surface area (Å²) in [7, 11) is -1.78. The van der Waals surface area contributed by atoms with Crippen molar-refractivity contribution in [2.75, 3.05) is 0 Å². The van der Waals surface area contributed by atoms with Gasteiger partial charge in [-0.25, -0.2) is 4.21 Å². The highest BCUT2D eigenvalue weighted by Crippen LogP contribution is 2.49. The predicted octanol–water partition coefficient (Wildman–Crippen LogP) is 6.95. The van der Waals surface area contributed by atoms with Gasteiger partial charge in [0, 0.05) is 27.6 Å². The number of nitrogens with one attached hydrogen (secondary N) is 1. The van der Waals surface area contributed by atoms with E-state index in [2.05, 4.69) is 9.88 Å². The van der Waals surface area contributed by atoms with Gasteiger partial charge in [0.2, 0.25) is 0 Å². The van der Waals surface area contributed by atoms with Crippen LogP contribution in [0, 0.1) is 20.8 Å². The number of nitrogens with zero attached hydrogens (tertiary/aromatic N) is 1. The van der Waals surface area contributed by atoms with Crippen LogP contribution in [0.4, 0.5) is 13.2 Å². The molecule has 0 saturated heterocycles. The number of hydrogen-bond donors (Lipinski definition) is 1. The standard InChI is InChI=1S/C26H21Cl2F3N2O3S/c1-14-4-6-21(9-15(14)2)37(35)33-24(34)22-7-5-17(8-16(22)3)23-13-25(36-32-23,26(29,30)31)18-10-19(27)12-20(28)11-18/h4-12H,13H2,1-3H3,(H,33,34). The molecule has 0 aromatic heterocycles. The van der Waals surface area contributed by atoms with Gasteiger partial charge in [0.25, 0.3) is 11.5 Å². The molecule has 2 atom stereocenters. The number of rotatable bonds is 5. The lowest BCUT2D eigenvalue weighted by Crippen LogP contribution is -2.42. The van der Waals surface area contributed by atoms with Crippen LogP contribution >= 0.6 is 23.2 Å². The molecule has 11 heteroatoms. The zero-order chi connectivity index (χ0) is 27.1. The summed E-state index contributed by atoms with van der Waals surface area (Å²) >= 11 is 11.9. The first-order chi connectivity index (χ1) is 17.3. The molecule has 0 bridgehead atoms. The number of hydrogen-bond acceptors (Lipinski definition) is 4. The van der Waals surface area contributed by atoms with E-state index in [9.17, 15) is 22.2 Å². The Labute approximate surface area is 224 Å².